The van der Waals surface area contributed by atoms with E-state index in [2.05, 4.69) is 14.8 Å². The fourth-order valence-corrected chi connectivity index (χ4v) is 2.16. The summed E-state index contributed by atoms with van der Waals surface area (Å²) in [4.78, 5) is 12.6. The van der Waals surface area contributed by atoms with Gasteiger partial charge in [0.2, 0.25) is 0 Å². The number of carbonyl (C=O) groups is 1. The van der Waals surface area contributed by atoms with Crippen molar-refractivity contribution in [2.45, 2.75) is 39.3 Å². The van der Waals surface area contributed by atoms with E-state index in [1.54, 1.807) is 0 Å². The van der Waals surface area contributed by atoms with Gasteiger partial charge in [0.1, 0.15) is 11.6 Å². The number of carboxylic acids is 1. The smallest absolute Gasteiger partial charge is 0.317 e. The third-order valence-corrected chi connectivity index (χ3v) is 3.11. The van der Waals surface area contributed by atoms with Crippen molar-refractivity contribution in [2.24, 2.45) is 0 Å². The molecular formula is C11H18N4O2. The molecule has 0 unspecified atom stereocenters. The number of likely N-dealkylation sites (N-methyl/N-ethyl adjacent to an activating group) is 1. The van der Waals surface area contributed by atoms with Crippen molar-refractivity contribution in [1.82, 2.24) is 19.7 Å². The summed E-state index contributed by atoms with van der Waals surface area (Å²) < 4.78 is 2.13. The van der Waals surface area contributed by atoms with Crippen LogP contribution in [0.4, 0.5) is 0 Å². The summed E-state index contributed by atoms with van der Waals surface area (Å²) in [6.45, 7) is 4.24. The van der Waals surface area contributed by atoms with Gasteiger partial charge in [0, 0.05) is 13.0 Å². The molecule has 2 rings (SSSR count). The fourth-order valence-electron chi connectivity index (χ4n) is 2.16. The second-order valence-electron chi connectivity index (χ2n) is 4.34. The quantitative estimate of drug-likeness (QED) is 0.809. The maximum atomic E-state index is 10.7. The van der Waals surface area contributed by atoms with Crippen LogP contribution in [-0.4, -0.2) is 43.8 Å². The van der Waals surface area contributed by atoms with E-state index in [1.165, 1.54) is 6.42 Å². The molecule has 6 heteroatoms. The Morgan fingerprint density at radius 1 is 1.47 bits per heavy atom. The van der Waals surface area contributed by atoms with Gasteiger partial charge in [-0.05, 0) is 19.4 Å². The van der Waals surface area contributed by atoms with Gasteiger partial charge in [0.05, 0.1) is 13.1 Å². The highest BCUT2D eigenvalue weighted by molar-refractivity contribution is 5.69. The summed E-state index contributed by atoms with van der Waals surface area (Å²) in [6, 6.07) is 0. The molecule has 0 saturated carbocycles. The standard InChI is InChI=1S/C11H18N4O2/c1-2-14(8-11(16)17)7-10-13-12-9-5-3-4-6-15(9)10/h2-8H2,1H3,(H,16,17). The lowest BCUT2D eigenvalue weighted by molar-refractivity contribution is -0.138. The summed E-state index contributed by atoms with van der Waals surface area (Å²) in [5.41, 5.74) is 0. The lowest BCUT2D eigenvalue weighted by Gasteiger charge is -2.20. The van der Waals surface area contributed by atoms with Crippen LogP contribution >= 0.6 is 0 Å². The number of hydrogen-bond donors (Lipinski definition) is 1. The molecule has 0 aromatic carbocycles. The number of aliphatic carboxylic acids is 1. The van der Waals surface area contributed by atoms with E-state index in [9.17, 15) is 4.79 Å². The van der Waals surface area contributed by atoms with Crippen LogP contribution in [0.15, 0.2) is 0 Å². The Kier molecular flexibility index (Phi) is 3.73. The Morgan fingerprint density at radius 2 is 2.29 bits per heavy atom. The Balaban J connectivity index is 2.06. The predicted molar refractivity (Wildman–Crippen MR) is 61.5 cm³/mol. The fraction of sp³-hybridized carbons (Fsp3) is 0.727. The molecule has 94 valence electrons. The summed E-state index contributed by atoms with van der Waals surface area (Å²) >= 11 is 0. The van der Waals surface area contributed by atoms with E-state index >= 15 is 0 Å². The van der Waals surface area contributed by atoms with Crippen molar-refractivity contribution in [3.05, 3.63) is 11.6 Å². The summed E-state index contributed by atoms with van der Waals surface area (Å²) in [5, 5.41) is 17.1. The minimum atomic E-state index is -0.801. The number of rotatable bonds is 5. The normalized spacial score (nSPS) is 14.9. The zero-order valence-corrected chi connectivity index (χ0v) is 10.1. The van der Waals surface area contributed by atoms with Crippen molar-refractivity contribution >= 4 is 5.97 Å². The predicted octanol–water partition coefficient (Wildman–Crippen LogP) is 0.521. The molecule has 1 aliphatic rings. The first-order valence-corrected chi connectivity index (χ1v) is 6.05. The number of fused-ring (bicyclic) bond motifs is 1. The first-order valence-electron chi connectivity index (χ1n) is 6.05. The van der Waals surface area contributed by atoms with E-state index in [-0.39, 0.29) is 6.54 Å². The van der Waals surface area contributed by atoms with Crippen LogP contribution in [0.25, 0.3) is 0 Å². The molecule has 0 amide bonds. The van der Waals surface area contributed by atoms with E-state index in [1.807, 2.05) is 11.8 Å². The molecule has 1 aromatic heterocycles. The van der Waals surface area contributed by atoms with E-state index in [0.29, 0.717) is 13.1 Å². The third-order valence-electron chi connectivity index (χ3n) is 3.11. The average Bonchev–Trinajstić information content (AvgIpc) is 2.71. The van der Waals surface area contributed by atoms with E-state index < -0.39 is 5.97 Å². The lowest BCUT2D eigenvalue weighted by atomic mass is 10.1. The Morgan fingerprint density at radius 3 is 3.00 bits per heavy atom. The molecule has 0 aliphatic carbocycles. The Labute approximate surface area is 100 Å². The highest BCUT2D eigenvalue weighted by Gasteiger charge is 2.18. The largest absolute Gasteiger partial charge is 0.480 e. The van der Waals surface area contributed by atoms with Gasteiger partial charge in [-0.1, -0.05) is 6.92 Å². The number of aromatic nitrogens is 3. The molecular weight excluding hydrogens is 220 g/mol. The molecule has 6 nitrogen and oxygen atoms in total. The molecule has 0 radical (unpaired) electrons. The molecule has 0 bridgehead atoms. The first-order chi connectivity index (χ1) is 8.20. The van der Waals surface area contributed by atoms with Crippen LogP contribution < -0.4 is 0 Å². The van der Waals surface area contributed by atoms with Gasteiger partial charge in [-0.15, -0.1) is 10.2 Å². The molecule has 1 aromatic rings. The second kappa shape index (κ2) is 5.27. The highest BCUT2D eigenvalue weighted by Crippen LogP contribution is 2.15. The zero-order valence-electron chi connectivity index (χ0n) is 10.1. The molecule has 0 atom stereocenters. The number of aryl methyl sites for hydroxylation is 1. The molecule has 0 spiro atoms. The summed E-state index contributed by atoms with van der Waals surface area (Å²) in [7, 11) is 0. The maximum Gasteiger partial charge on any atom is 0.317 e. The minimum absolute atomic E-state index is 0.0543. The first kappa shape index (κ1) is 12.0. The Bertz CT molecular complexity index is 402. The van der Waals surface area contributed by atoms with Crippen LogP contribution in [0.2, 0.25) is 0 Å². The van der Waals surface area contributed by atoms with Crippen molar-refractivity contribution in [3.8, 4) is 0 Å². The van der Waals surface area contributed by atoms with Crippen molar-refractivity contribution in [1.29, 1.82) is 0 Å². The third kappa shape index (κ3) is 2.82. The molecule has 1 aliphatic heterocycles. The monoisotopic (exact) mass is 238 g/mol. The topological polar surface area (TPSA) is 71.2 Å². The van der Waals surface area contributed by atoms with E-state index in [0.717, 1.165) is 31.0 Å². The minimum Gasteiger partial charge on any atom is -0.480 e. The summed E-state index contributed by atoms with van der Waals surface area (Å²) in [6.07, 6.45) is 3.31. The molecule has 1 N–H and O–H groups in total. The molecule has 2 heterocycles. The lowest BCUT2D eigenvalue weighted by Crippen LogP contribution is -2.30. The van der Waals surface area contributed by atoms with Gasteiger partial charge in [-0.3, -0.25) is 9.69 Å². The average molecular weight is 238 g/mol. The van der Waals surface area contributed by atoms with Crippen molar-refractivity contribution in [3.63, 3.8) is 0 Å². The van der Waals surface area contributed by atoms with Gasteiger partial charge in [0.15, 0.2) is 0 Å². The maximum absolute atomic E-state index is 10.7. The van der Waals surface area contributed by atoms with Crippen LogP contribution in [0.1, 0.15) is 31.4 Å². The molecule has 17 heavy (non-hydrogen) atoms. The van der Waals surface area contributed by atoms with Crippen LogP contribution in [0, 0.1) is 0 Å². The van der Waals surface area contributed by atoms with Crippen LogP contribution in [0.3, 0.4) is 0 Å². The van der Waals surface area contributed by atoms with Crippen LogP contribution in [-0.2, 0) is 24.3 Å². The van der Waals surface area contributed by atoms with E-state index in [4.69, 9.17) is 5.11 Å². The van der Waals surface area contributed by atoms with Crippen molar-refractivity contribution < 1.29 is 9.90 Å². The van der Waals surface area contributed by atoms with Gasteiger partial charge in [0.25, 0.3) is 0 Å². The number of carboxylic acid groups (broad SMARTS) is 1. The second-order valence-corrected chi connectivity index (χ2v) is 4.34. The Hall–Kier alpha value is -1.43. The highest BCUT2D eigenvalue weighted by atomic mass is 16.4. The van der Waals surface area contributed by atoms with Gasteiger partial charge < -0.3 is 9.67 Å². The molecule has 0 fully saturated rings. The van der Waals surface area contributed by atoms with Crippen molar-refractivity contribution in [2.75, 3.05) is 13.1 Å². The zero-order chi connectivity index (χ0) is 12.3. The summed E-state index contributed by atoms with van der Waals surface area (Å²) in [5.74, 6) is 1.13. The van der Waals surface area contributed by atoms with Crippen LogP contribution in [0.5, 0.6) is 0 Å². The van der Waals surface area contributed by atoms with Gasteiger partial charge in [-0.2, -0.15) is 0 Å². The SMILES string of the molecule is CCN(CC(=O)O)Cc1nnc2n1CCCC2. The van der Waals surface area contributed by atoms with Gasteiger partial charge in [-0.25, -0.2) is 0 Å². The molecule has 0 saturated heterocycles. The number of hydrogen-bond acceptors (Lipinski definition) is 4. The van der Waals surface area contributed by atoms with Gasteiger partial charge >= 0.3 is 5.97 Å². The number of nitrogens with zero attached hydrogens (tertiary/aromatic N) is 4.